The third-order valence-corrected chi connectivity index (χ3v) is 5.14. The molecule has 0 amide bonds. The van der Waals surface area contributed by atoms with Crippen LogP contribution in [0.25, 0.3) is 0 Å². The highest BCUT2D eigenvalue weighted by Gasteiger charge is 2.41. The highest BCUT2D eigenvalue weighted by atomic mass is 16.5. The molecule has 0 saturated heterocycles. The van der Waals surface area contributed by atoms with Crippen LogP contribution >= 0.6 is 0 Å². The van der Waals surface area contributed by atoms with E-state index < -0.39 is 0 Å². The number of benzene rings is 1. The quantitative estimate of drug-likeness (QED) is 0.868. The van der Waals surface area contributed by atoms with Gasteiger partial charge >= 0.3 is 0 Å². The van der Waals surface area contributed by atoms with Gasteiger partial charge in [0.05, 0.1) is 13.2 Å². The molecule has 1 aliphatic heterocycles. The maximum absolute atomic E-state index is 13.1. The van der Waals surface area contributed by atoms with Crippen molar-refractivity contribution in [1.29, 1.82) is 0 Å². The van der Waals surface area contributed by atoms with E-state index in [0.717, 1.165) is 23.3 Å². The average molecular weight is 382 g/mol. The first kappa shape index (κ1) is 18.5. The summed E-state index contributed by atoms with van der Waals surface area (Å²) in [6, 6.07) is 5.46. The molecule has 0 fully saturated rings. The fourth-order valence-electron chi connectivity index (χ4n) is 4.06. The zero-order valence-electron chi connectivity index (χ0n) is 16.9. The Morgan fingerprint density at radius 1 is 1.25 bits per heavy atom. The summed E-state index contributed by atoms with van der Waals surface area (Å²) in [6.07, 6.45) is 2.86. The highest BCUT2D eigenvalue weighted by Crippen LogP contribution is 2.46. The van der Waals surface area contributed by atoms with Gasteiger partial charge < -0.3 is 14.8 Å². The van der Waals surface area contributed by atoms with Gasteiger partial charge in [-0.05, 0) is 43.4 Å². The Labute approximate surface area is 164 Å². The van der Waals surface area contributed by atoms with Crippen molar-refractivity contribution in [3.05, 3.63) is 41.4 Å². The third-order valence-electron chi connectivity index (χ3n) is 5.14. The van der Waals surface area contributed by atoms with Crippen LogP contribution < -0.4 is 14.8 Å². The van der Waals surface area contributed by atoms with Gasteiger partial charge in [-0.1, -0.05) is 19.9 Å². The second kappa shape index (κ2) is 6.65. The number of nitrogens with zero attached hydrogens (tertiary/aromatic N) is 3. The molecule has 1 atom stereocenters. The van der Waals surface area contributed by atoms with Crippen LogP contribution in [0.5, 0.6) is 11.5 Å². The van der Waals surface area contributed by atoms with Gasteiger partial charge in [0.15, 0.2) is 17.3 Å². The van der Waals surface area contributed by atoms with Crippen molar-refractivity contribution in [1.82, 2.24) is 14.8 Å². The molecule has 1 N–H and O–H groups in total. The third kappa shape index (κ3) is 3.15. The van der Waals surface area contributed by atoms with Gasteiger partial charge in [0.2, 0.25) is 5.95 Å². The van der Waals surface area contributed by atoms with Crippen LogP contribution in [0.15, 0.2) is 35.8 Å². The van der Waals surface area contributed by atoms with E-state index in [2.05, 4.69) is 29.2 Å². The molecule has 0 spiro atoms. The van der Waals surface area contributed by atoms with Crippen molar-refractivity contribution in [3.8, 4) is 11.5 Å². The number of anilines is 1. The molecule has 7 nitrogen and oxygen atoms in total. The number of methoxy groups -OCH3 is 1. The van der Waals surface area contributed by atoms with E-state index in [-0.39, 0.29) is 23.3 Å². The monoisotopic (exact) mass is 382 g/mol. The molecular formula is C21H26N4O3. The maximum Gasteiger partial charge on any atom is 0.226 e. The van der Waals surface area contributed by atoms with E-state index in [1.54, 1.807) is 11.8 Å². The number of ketones is 1. The fourth-order valence-corrected chi connectivity index (χ4v) is 4.06. The summed E-state index contributed by atoms with van der Waals surface area (Å²) in [5, 5.41) is 7.71. The largest absolute Gasteiger partial charge is 0.493 e. The number of allylic oxidation sites excluding steroid dienone is 2. The zero-order chi connectivity index (χ0) is 20.1. The number of Topliss-reactive ketones (excluding diaryl/α,β-unsaturated/α-hetero) is 1. The number of hydrogen-bond donors (Lipinski definition) is 1. The Bertz CT molecular complexity index is 958. The average Bonchev–Trinajstić information content (AvgIpc) is 3.07. The Hall–Kier alpha value is -2.83. The van der Waals surface area contributed by atoms with Crippen molar-refractivity contribution >= 4 is 11.7 Å². The van der Waals surface area contributed by atoms with Gasteiger partial charge in [0, 0.05) is 17.7 Å². The normalized spacial score (nSPS) is 20.5. The lowest BCUT2D eigenvalue weighted by Gasteiger charge is -2.38. The molecule has 1 aromatic carbocycles. The Morgan fingerprint density at radius 3 is 2.75 bits per heavy atom. The summed E-state index contributed by atoms with van der Waals surface area (Å²) >= 11 is 0. The number of nitrogens with one attached hydrogen (secondary N) is 1. The van der Waals surface area contributed by atoms with Crippen molar-refractivity contribution in [2.75, 3.05) is 12.4 Å². The molecular weight excluding hydrogens is 356 g/mol. The first-order valence-electron chi connectivity index (χ1n) is 9.56. The second-order valence-corrected chi connectivity index (χ2v) is 8.47. The zero-order valence-corrected chi connectivity index (χ0v) is 16.9. The van der Waals surface area contributed by atoms with Crippen LogP contribution in [-0.2, 0) is 4.79 Å². The van der Waals surface area contributed by atoms with E-state index >= 15 is 0 Å². The summed E-state index contributed by atoms with van der Waals surface area (Å²) in [6.45, 7) is 8.18. The van der Waals surface area contributed by atoms with E-state index in [4.69, 9.17) is 9.47 Å². The summed E-state index contributed by atoms with van der Waals surface area (Å²) in [4.78, 5) is 17.4. The van der Waals surface area contributed by atoms with Crippen LogP contribution in [0, 0.1) is 5.41 Å². The SMILES string of the molecule is COc1cc([C@H]2C3=C(CC(C)(C)CC3=O)Nc3ncnn32)ccc1OC(C)C. The molecule has 2 aromatic rings. The minimum absolute atomic E-state index is 0.0389. The lowest BCUT2D eigenvalue weighted by molar-refractivity contribution is -0.118. The number of hydrogen-bond acceptors (Lipinski definition) is 6. The highest BCUT2D eigenvalue weighted by molar-refractivity contribution is 6.00. The maximum atomic E-state index is 13.1. The predicted molar refractivity (Wildman–Crippen MR) is 106 cm³/mol. The van der Waals surface area contributed by atoms with Gasteiger partial charge in [-0.2, -0.15) is 10.1 Å². The first-order valence-corrected chi connectivity index (χ1v) is 9.56. The topological polar surface area (TPSA) is 78.3 Å². The molecule has 1 aliphatic carbocycles. The Morgan fingerprint density at radius 2 is 2.04 bits per heavy atom. The molecule has 0 saturated carbocycles. The van der Waals surface area contributed by atoms with Crippen LogP contribution in [-0.4, -0.2) is 33.8 Å². The lowest BCUT2D eigenvalue weighted by Crippen LogP contribution is -2.36. The van der Waals surface area contributed by atoms with Crippen LogP contribution in [0.3, 0.4) is 0 Å². The number of aromatic nitrogens is 3. The summed E-state index contributed by atoms with van der Waals surface area (Å²) in [7, 11) is 1.62. The van der Waals surface area contributed by atoms with Crippen molar-refractivity contribution in [2.45, 2.75) is 52.7 Å². The van der Waals surface area contributed by atoms with Crippen molar-refractivity contribution in [2.24, 2.45) is 5.41 Å². The van der Waals surface area contributed by atoms with Crippen LogP contribution in [0.4, 0.5) is 5.95 Å². The number of carbonyl (C=O) groups excluding carboxylic acids is 1. The molecule has 28 heavy (non-hydrogen) atoms. The van der Waals surface area contributed by atoms with Crippen LogP contribution in [0.2, 0.25) is 0 Å². The molecule has 148 valence electrons. The van der Waals surface area contributed by atoms with Gasteiger partial charge in [-0.15, -0.1) is 0 Å². The molecule has 7 heteroatoms. The van der Waals surface area contributed by atoms with E-state index in [0.29, 0.717) is 23.9 Å². The van der Waals surface area contributed by atoms with E-state index in [1.165, 1.54) is 6.33 Å². The van der Waals surface area contributed by atoms with E-state index in [1.807, 2.05) is 32.0 Å². The molecule has 0 unspecified atom stereocenters. The van der Waals surface area contributed by atoms with E-state index in [9.17, 15) is 4.79 Å². The van der Waals surface area contributed by atoms with Gasteiger partial charge in [0.1, 0.15) is 12.4 Å². The number of ether oxygens (including phenoxy) is 2. The minimum Gasteiger partial charge on any atom is -0.493 e. The van der Waals surface area contributed by atoms with Gasteiger partial charge in [-0.3, -0.25) is 4.79 Å². The predicted octanol–water partition coefficient (Wildman–Crippen LogP) is 3.73. The van der Waals surface area contributed by atoms with Crippen molar-refractivity contribution < 1.29 is 14.3 Å². The molecule has 0 radical (unpaired) electrons. The number of rotatable bonds is 4. The number of fused-ring (bicyclic) bond motifs is 1. The Balaban J connectivity index is 1.84. The lowest BCUT2D eigenvalue weighted by atomic mass is 9.73. The summed E-state index contributed by atoms with van der Waals surface area (Å²) in [5.74, 6) is 2.11. The molecule has 0 bridgehead atoms. The first-order chi connectivity index (χ1) is 13.3. The molecule has 4 rings (SSSR count). The van der Waals surface area contributed by atoms with Crippen LogP contribution in [0.1, 0.15) is 52.1 Å². The second-order valence-electron chi connectivity index (χ2n) is 8.47. The molecule has 1 aromatic heterocycles. The fraction of sp³-hybridized carbons (Fsp3) is 0.476. The van der Waals surface area contributed by atoms with Gasteiger partial charge in [0.25, 0.3) is 0 Å². The Kier molecular flexibility index (Phi) is 4.40. The standard InChI is InChI=1S/C21H26N4O3/c1-12(2)28-16-7-6-13(8-17(16)27-5)19-18-14(9-21(3,4)10-15(18)26)24-20-22-11-23-25(19)20/h6-8,11-12,19H,9-10H2,1-5H3,(H,22,23,24)/t19-/m0/s1. The summed E-state index contributed by atoms with van der Waals surface area (Å²) in [5.41, 5.74) is 2.54. The molecule has 2 aliphatic rings. The van der Waals surface area contributed by atoms with Gasteiger partial charge in [-0.25, -0.2) is 4.68 Å². The smallest absolute Gasteiger partial charge is 0.226 e. The van der Waals surface area contributed by atoms with Crippen molar-refractivity contribution in [3.63, 3.8) is 0 Å². The summed E-state index contributed by atoms with van der Waals surface area (Å²) < 4.78 is 13.2. The minimum atomic E-state index is -0.334. The number of carbonyl (C=O) groups is 1. The molecule has 2 heterocycles.